The third kappa shape index (κ3) is 3.75. The zero-order valence-electron chi connectivity index (χ0n) is 15.1. The first-order valence-electron chi connectivity index (χ1n) is 8.53. The molecule has 0 spiro atoms. The summed E-state index contributed by atoms with van der Waals surface area (Å²) in [7, 11) is -2.71. The van der Waals surface area contributed by atoms with Crippen molar-refractivity contribution in [3.8, 4) is 5.75 Å². The molecule has 7 nitrogen and oxygen atoms in total. The summed E-state index contributed by atoms with van der Waals surface area (Å²) in [5.41, 5.74) is 0.657. The van der Waals surface area contributed by atoms with Gasteiger partial charge in [0.25, 0.3) is 0 Å². The molecule has 1 N–H and O–H groups in total. The van der Waals surface area contributed by atoms with Crippen LogP contribution in [0.4, 0.5) is 0 Å². The van der Waals surface area contributed by atoms with Gasteiger partial charge in [0.15, 0.2) is 17.6 Å². The fourth-order valence-corrected chi connectivity index (χ4v) is 4.44. The van der Waals surface area contributed by atoms with E-state index < -0.39 is 27.6 Å². The summed E-state index contributed by atoms with van der Waals surface area (Å²) in [4.78, 5) is 25.3. The Hall–Kier alpha value is -2.81. The minimum atomic E-state index is -3.93. The minimum Gasteiger partial charge on any atom is -0.491 e. The average Bonchev–Trinajstić information content (AvgIpc) is 2.70. The number of nitrogens with zero attached hydrogens (tertiary/aromatic N) is 1. The van der Waals surface area contributed by atoms with Gasteiger partial charge >= 0.3 is 0 Å². The lowest BCUT2D eigenvalue weighted by atomic mass is 9.99. The van der Waals surface area contributed by atoms with E-state index in [0.29, 0.717) is 11.3 Å². The van der Waals surface area contributed by atoms with E-state index in [0.717, 1.165) is 4.31 Å². The first kappa shape index (κ1) is 19.9. The molecule has 1 unspecified atom stereocenters. The van der Waals surface area contributed by atoms with Crippen LogP contribution in [0.15, 0.2) is 59.5 Å². The maximum Gasteiger partial charge on any atom is 0.244 e. The first-order valence-corrected chi connectivity index (χ1v) is 9.97. The highest BCUT2D eigenvalue weighted by Gasteiger charge is 2.44. The highest BCUT2D eigenvalue weighted by Crippen LogP contribution is 2.29. The number of carbonyl (C=O) groups is 2. The Morgan fingerprint density at radius 3 is 2.71 bits per heavy atom. The van der Waals surface area contributed by atoms with Gasteiger partial charge in [-0.2, -0.15) is 4.31 Å². The Morgan fingerprint density at radius 1 is 1.21 bits per heavy atom. The van der Waals surface area contributed by atoms with Crippen LogP contribution in [-0.2, 0) is 14.8 Å². The molecule has 1 aliphatic heterocycles. The standard InChI is InChI=1S/C20H19NO6S/c1-21-19(20(24)16-7-2-3-8-18(16)28(21,25)26)17(23)10-9-14-5-4-6-15(13-14)27-12-11-22/h2-10,13,19,22H,11-12H2,1H3. The molecule has 0 aliphatic carbocycles. The van der Waals surface area contributed by atoms with E-state index in [1.807, 2.05) is 0 Å². The summed E-state index contributed by atoms with van der Waals surface area (Å²) in [5, 5.41) is 8.81. The SMILES string of the molecule is CN1C(C(=O)C=Cc2cccc(OCCO)c2)C(=O)c2ccccc2S1(=O)=O. The van der Waals surface area contributed by atoms with Crippen LogP contribution in [-0.4, -0.2) is 55.7 Å². The highest BCUT2D eigenvalue weighted by molar-refractivity contribution is 7.89. The molecule has 0 amide bonds. The molecule has 2 aromatic rings. The second kappa shape index (κ2) is 8.05. The molecule has 8 heteroatoms. The molecule has 3 rings (SSSR count). The number of Topliss-reactive ketones (excluding diaryl/α,β-unsaturated/α-hetero) is 1. The quantitative estimate of drug-likeness (QED) is 0.582. The fraction of sp³-hybridized carbons (Fsp3) is 0.200. The van der Waals surface area contributed by atoms with Crippen LogP contribution >= 0.6 is 0 Å². The van der Waals surface area contributed by atoms with Crippen molar-refractivity contribution in [2.24, 2.45) is 0 Å². The van der Waals surface area contributed by atoms with Gasteiger partial charge < -0.3 is 9.84 Å². The van der Waals surface area contributed by atoms with Gasteiger partial charge in [-0.25, -0.2) is 8.42 Å². The fourth-order valence-electron chi connectivity index (χ4n) is 2.95. The minimum absolute atomic E-state index is 0.0201. The van der Waals surface area contributed by atoms with Gasteiger partial charge in [0, 0.05) is 12.6 Å². The van der Waals surface area contributed by atoms with E-state index in [1.54, 1.807) is 30.3 Å². The van der Waals surface area contributed by atoms with Crippen molar-refractivity contribution in [2.45, 2.75) is 10.9 Å². The molecule has 1 aliphatic rings. The number of carbonyl (C=O) groups excluding carboxylic acids is 2. The van der Waals surface area contributed by atoms with Crippen molar-refractivity contribution in [2.75, 3.05) is 20.3 Å². The van der Waals surface area contributed by atoms with Crippen LogP contribution in [0.25, 0.3) is 6.08 Å². The van der Waals surface area contributed by atoms with Crippen LogP contribution in [0.3, 0.4) is 0 Å². The summed E-state index contributed by atoms with van der Waals surface area (Å²) in [6, 6.07) is 11.2. The van der Waals surface area contributed by atoms with E-state index in [-0.39, 0.29) is 23.7 Å². The molecule has 0 saturated carbocycles. The van der Waals surface area contributed by atoms with Gasteiger partial charge in [-0.1, -0.05) is 30.3 Å². The predicted molar refractivity (Wildman–Crippen MR) is 103 cm³/mol. The summed E-state index contributed by atoms with van der Waals surface area (Å²) >= 11 is 0. The normalized spacial score (nSPS) is 18.8. The van der Waals surface area contributed by atoms with Crippen LogP contribution in [0.5, 0.6) is 5.75 Å². The molecule has 1 heterocycles. The van der Waals surface area contributed by atoms with Crippen molar-refractivity contribution < 1.29 is 27.9 Å². The third-order valence-electron chi connectivity index (χ3n) is 4.35. The van der Waals surface area contributed by atoms with Crippen LogP contribution in [0.2, 0.25) is 0 Å². The van der Waals surface area contributed by atoms with Crippen molar-refractivity contribution in [3.63, 3.8) is 0 Å². The molecule has 0 aromatic heterocycles. The third-order valence-corrected chi connectivity index (χ3v) is 6.23. The maximum absolute atomic E-state index is 12.7. The van der Waals surface area contributed by atoms with Crippen LogP contribution < -0.4 is 4.74 Å². The summed E-state index contributed by atoms with van der Waals surface area (Å²) in [6.45, 7) is 0.0232. The molecule has 146 valence electrons. The Kier molecular flexibility index (Phi) is 5.73. The number of sulfonamides is 1. The van der Waals surface area contributed by atoms with Gasteiger partial charge in [-0.05, 0) is 35.9 Å². The molecule has 0 fully saturated rings. The van der Waals surface area contributed by atoms with Gasteiger partial charge in [-0.3, -0.25) is 9.59 Å². The largest absolute Gasteiger partial charge is 0.491 e. The molecule has 2 aromatic carbocycles. The summed E-state index contributed by atoms with van der Waals surface area (Å²) in [6.07, 6.45) is 2.68. The predicted octanol–water partition coefficient (Wildman–Crippen LogP) is 1.53. The number of rotatable bonds is 6. The Morgan fingerprint density at radius 2 is 1.96 bits per heavy atom. The van der Waals surface area contributed by atoms with Gasteiger partial charge in [0.1, 0.15) is 12.4 Å². The van der Waals surface area contributed by atoms with Gasteiger partial charge in [-0.15, -0.1) is 0 Å². The van der Waals surface area contributed by atoms with Crippen molar-refractivity contribution in [1.82, 2.24) is 4.31 Å². The van der Waals surface area contributed by atoms with E-state index in [1.165, 1.54) is 37.4 Å². The molecular weight excluding hydrogens is 382 g/mol. The Labute approximate surface area is 162 Å². The number of ether oxygens (including phenoxy) is 1. The number of hydrogen-bond donors (Lipinski definition) is 1. The zero-order chi connectivity index (χ0) is 20.3. The number of hydrogen-bond acceptors (Lipinski definition) is 6. The van der Waals surface area contributed by atoms with Crippen molar-refractivity contribution >= 4 is 27.7 Å². The molecule has 1 atom stereocenters. The first-order chi connectivity index (χ1) is 13.4. The monoisotopic (exact) mass is 401 g/mol. The lowest BCUT2D eigenvalue weighted by Gasteiger charge is -2.30. The second-order valence-corrected chi connectivity index (χ2v) is 8.13. The van der Waals surface area contributed by atoms with Gasteiger partial charge in [0.05, 0.1) is 11.5 Å². The topological polar surface area (TPSA) is 101 Å². The van der Waals surface area contributed by atoms with Crippen molar-refractivity contribution in [3.05, 3.63) is 65.7 Å². The maximum atomic E-state index is 12.7. The second-order valence-electron chi connectivity index (χ2n) is 6.16. The molecule has 0 saturated heterocycles. The van der Waals surface area contributed by atoms with Gasteiger partial charge in [0.2, 0.25) is 10.0 Å². The Balaban J connectivity index is 1.87. The molecular formula is C20H19NO6S. The summed E-state index contributed by atoms with van der Waals surface area (Å²) < 4.78 is 31.4. The smallest absolute Gasteiger partial charge is 0.244 e. The van der Waals surface area contributed by atoms with E-state index >= 15 is 0 Å². The van der Waals surface area contributed by atoms with Crippen LogP contribution in [0, 0.1) is 0 Å². The highest BCUT2D eigenvalue weighted by atomic mass is 32.2. The number of fused-ring (bicyclic) bond motifs is 1. The Bertz CT molecular complexity index is 1040. The van der Waals surface area contributed by atoms with Crippen LogP contribution in [0.1, 0.15) is 15.9 Å². The molecule has 0 radical (unpaired) electrons. The number of ketones is 2. The molecule has 0 bridgehead atoms. The lowest BCUT2D eigenvalue weighted by Crippen LogP contribution is -2.50. The number of aliphatic hydroxyl groups excluding tert-OH is 1. The number of likely N-dealkylation sites (N-methyl/N-ethyl adjacent to an activating group) is 1. The number of benzene rings is 2. The average molecular weight is 401 g/mol. The summed E-state index contributed by atoms with van der Waals surface area (Å²) in [5.74, 6) is -0.666. The number of aliphatic hydroxyl groups is 1. The van der Waals surface area contributed by atoms with Crippen molar-refractivity contribution in [1.29, 1.82) is 0 Å². The zero-order valence-corrected chi connectivity index (χ0v) is 15.9. The lowest BCUT2D eigenvalue weighted by molar-refractivity contribution is -0.116. The molecule has 28 heavy (non-hydrogen) atoms. The van der Waals surface area contributed by atoms with E-state index in [4.69, 9.17) is 9.84 Å². The van der Waals surface area contributed by atoms with E-state index in [2.05, 4.69) is 0 Å². The van der Waals surface area contributed by atoms with E-state index in [9.17, 15) is 18.0 Å².